The summed E-state index contributed by atoms with van der Waals surface area (Å²) >= 11 is 16.6. The smallest absolute Gasteiger partial charge is 0.174 e. The number of pyridine rings is 1. The van der Waals surface area contributed by atoms with E-state index in [0.717, 1.165) is 51.0 Å². The van der Waals surface area contributed by atoms with Crippen LogP contribution < -0.4 is 15.1 Å². The van der Waals surface area contributed by atoms with E-state index >= 15 is 0 Å². The number of hydrogen-bond acceptors (Lipinski definition) is 3. The molecule has 2 saturated heterocycles. The summed E-state index contributed by atoms with van der Waals surface area (Å²) in [5.41, 5.74) is 5.17. The van der Waals surface area contributed by atoms with Crippen molar-refractivity contribution in [3.05, 3.63) is 106 Å². The highest BCUT2D eigenvalue weighted by molar-refractivity contribution is 9.10. The molecule has 0 unspecified atom stereocenters. The SMILES string of the molecule is C[C@@H]1C[C@H](C)CN(c2ccc(N3C(=S)N[C@H](c4ccccn4)[C@H]3c3cccn3-c3cccc(Br)c3)cc2Cl)C1. The molecule has 8 heteroatoms. The third-order valence-electron chi connectivity index (χ3n) is 7.69. The number of halogens is 2. The van der Waals surface area contributed by atoms with Crippen LogP contribution in [0.25, 0.3) is 5.69 Å². The van der Waals surface area contributed by atoms with Gasteiger partial charge >= 0.3 is 0 Å². The minimum Gasteiger partial charge on any atom is -0.370 e. The number of thiocarbonyl (C=S) groups is 1. The van der Waals surface area contributed by atoms with Gasteiger partial charge in [-0.15, -0.1) is 0 Å². The number of nitrogens with zero attached hydrogens (tertiary/aromatic N) is 4. The molecular formula is C31H31BrClN5S. The van der Waals surface area contributed by atoms with E-state index in [2.05, 4.69) is 110 Å². The predicted octanol–water partition coefficient (Wildman–Crippen LogP) is 7.95. The van der Waals surface area contributed by atoms with Crippen LogP contribution >= 0.6 is 39.7 Å². The number of nitrogens with one attached hydrogen (secondary N) is 1. The van der Waals surface area contributed by atoms with Gasteiger partial charge in [0.15, 0.2) is 5.11 Å². The van der Waals surface area contributed by atoms with Crippen molar-refractivity contribution < 1.29 is 0 Å². The van der Waals surface area contributed by atoms with Crippen LogP contribution in [0.4, 0.5) is 11.4 Å². The van der Waals surface area contributed by atoms with Crippen molar-refractivity contribution in [2.75, 3.05) is 22.9 Å². The number of benzene rings is 2. The Morgan fingerprint density at radius 3 is 2.49 bits per heavy atom. The largest absolute Gasteiger partial charge is 0.370 e. The molecule has 200 valence electrons. The van der Waals surface area contributed by atoms with Crippen LogP contribution in [0.3, 0.4) is 0 Å². The Kier molecular flexibility index (Phi) is 7.40. The Labute approximate surface area is 248 Å². The van der Waals surface area contributed by atoms with Crippen molar-refractivity contribution in [2.24, 2.45) is 11.8 Å². The summed E-state index contributed by atoms with van der Waals surface area (Å²) in [7, 11) is 0. The summed E-state index contributed by atoms with van der Waals surface area (Å²) in [5.74, 6) is 1.29. The van der Waals surface area contributed by atoms with E-state index < -0.39 is 0 Å². The van der Waals surface area contributed by atoms with Crippen LogP contribution in [-0.2, 0) is 0 Å². The zero-order valence-corrected chi connectivity index (χ0v) is 25.1. The lowest BCUT2D eigenvalue weighted by atomic mass is 9.91. The Hall–Kier alpha value is -2.87. The van der Waals surface area contributed by atoms with Crippen LogP contribution in [-0.4, -0.2) is 27.8 Å². The predicted molar refractivity (Wildman–Crippen MR) is 168 cm³/mol. The lowest BCUT2D eigenvalue weighted by molar-refractivity contribution is 0.357. The van der Waals surface area contributed by atoms with Crippen LogP contribution in [0.2, 0.25) is 5.02 Å². The third kappa shape index (κ3) is 5.20. The second-order valence-corrected chi connectivity index (χ2v) is 12.5. The average molecular weight is 621 g/mol. The third-order valence-corrected chi connectivity index (χ3v) is 8.80. The molecular weight excluding hydrogens is 590 g/mol. The fourth-order valence-corrected chi connectivity index (χ4v) is 7.22. The maximum Gasteiger partial charge on any atom is 0.174 e. The minimum absolute atomic E-state index is 0.137. The Morgan fingerprint density at radius 2 is 1.77 bits per heavy atom. The maximum absolute atomic E-state index is 7.00. The monoisotopic (exact) mass is 619 g/mol. The minimum atomic E-state index is -0.140. The number of aromatic nitrogens is 2. The molecule has 4 aromatic rings. The van der Waals surface area contributed by atoms with Gasteiger partial charge in [-0.3, -0.25) is 4.98 Å². The van der Waals surface area contributed by atoms with Crippen molar-refractivity contribution in [2.45, 2.75) is 32.4 Å². The fraction of sp³-hybridized carbons (Fsp3) is 0.290. The Bertz CT molecular complexity index is 1480. The normalized spacial score (nSPS) is 23.2. The summed E-state index contributed by atoms with van der Waals surface area (Å²) in [6, 6.07) is 24.7. The topological polar surface area (TPSA) is 36.3 Å². The maximum atomic E-state index is 7.00. The molecule has 6 rings (SSSR count). The molecule has 2 aliphatic rings. The van der Waals surface area contributed by atoms with Crippen LogP contribution in [0.15, 0.2) is 89.7 Å². The number of rotatable bonds is 5. The van der Waals surface area contributed by atoms with E-state index in [4.69, 9.17) is 28.8 Å². The van der Waals surface area contributed by atoms with E-state index in [1.807, 2.05) is 24.4 Å². The van der Waals surface area contributed by atoms with E-state index in [-0.39, 0.29) is 12.1 Å². The van der Waals surface area contributed by atoms with E-state index in [1.165, 1.54) is 6.42 Å². The van der Waals surface area contributed by atoms with Gasteiger partial charge in [0.25, 0.3) is 0 Å². The van der Waals surface area contributed by atoms with Crippen LogP contribution in [0.1, 0.15) is 43.7 Å². The molecule has 2 fully saturated rings. The highest BCUT2D eigenvalue weighted by Crippen LogP contribution is 2.44. The summed E-state index contributed by atoms with van der Waals surface area (Å²) in [5, 5.41) is 4.98. The lowest BCUT2D eigenvalue weighted by Crippen LogP contribution is -2.38. The Morgan fingerprint density at radius 1 is 0.949 bits per heavy atom. The van der Waals surface area contributed by atoms with Crippen LogP contribution in [0, 0.1) is 11.8 Å². The van der Waals surface area contributed by atoms with Gasteiger partial charge < -0.3 is 19.7 Å². The first-order valence-electron chi connectivity index (χ1n) is 13.4. The molecule has 2 aliphatic heterocycles. The van der Waals surface area contributed by atoms with Gasteiger partial charge in [0.2, 0.25) is 0 Å². The molecule has 2 aromatic carbocycles. The van der Waals surface area contributed by atoms with Crippen molar-refractivity contribution in [3.63, 3.8) is 0 Å². The molecule has 39 heavy (non-hydrogen) atoms. The van der Waals surface area contributed by atoms with Crippen molar-refractivity contribution in [1.82, 2.24) is 14.9 Å². The molecule has 1 N–H and O–H groups in total. The first-order chi connectivity index (χ1) is 18.9. The first kappa shape index (κ1) is 26.4. The second kappa shape index (κ2) is 11.0. The summed E-state index contributed by atoms with van der Waals surface area (Å²) in [6.07, 6.45) is 5.19. The zero-order chi connectivity index (χ0) is 27.1. The molecule has 0 saturated carbocycles. The number of anilines is 2. The number of piperidine rings is 1. The van der Waals surface area contributed by atoms with Gasteiger partial charge in [0.1, 0.15) is 6.04 Å². The first-order valence-corrected chi connectivity index (χ1v) is 15.0. The zero-order valence-electron chi connectivity index (χ0n) is 22.0. The summed E-state index contributed by atoms with van der Waals surface area (Å²) in [6.45, 7) is 6.69. The molecule has 5 nitrogen and oxygen atoms in total. The summed E-state index contributed by atoms with van der Waals surface area (Å²) in [4.78, 5) is 9.33. The van der Waals surface area contributed by atoms with Gasteiger partial charge in [0.05, 0.1) is 22.4 Å². The van der Waals surface area contributed by atoms with E-state index in [9.17, 15) is 0 Å². The highest BCUT2D eigenvalue weighted by Gasteiger charge is 2.42. The molecule has 0 spiro atoms. The van der Waals surface area contributed by atoms with Crippen molar-refractivity contribution in [3.8, 4) is 5.69 Å². The van der Waals surface area contributed by atoms with Gasteiger partial charge in [-0.1, -0.05) is 53.5 Å². The highest BCUT2D eigenvalue weighted by atomic mass is 79.9. The molecule has 4 atom stereocenters. The average Bonchev–Trinajstić information content (AvgIpc) is 3.53. The van der Waals surface area contributed by atoms with Gasteiger partial charge in [-0.25, -0.2) is 0 Å². The summed E-state index contributed by atoms with van der Waals surface area (Å²) < 4.78 is 3.25. The molecule has 4 heterocycles. The van der Waals surface area contributed by atoms with E-state index in [0.29, 0.717) is 16.9 Å². The molecule has 0 radical (unpaired) electrons. The van der Waals surface area contributed by atoms with E-state index in [1.54, 1.807) is 0 Å². The molecule has 2 aromatic heterocycles. The fourth-order valence-electron chi connectivity index (χ4n) is 6.19. The lowest BCUT2D eigenvalue weighted by Gasteiger charge is -2.37. The molecule has 0 bridgehead atoms. The van der Waals surface area contributed by atoms with Gasteiger partial charge in [0, 0.05) is 47.0 Å². The molecule has 0 amide bonds. The van der Waals surface area contributed by atoms with Crippen molar-refractivity contribution >= 4 is 56.2 Å². The van der Waals surface area contributed by atoms with Crippen LogP contribution in [0.5, 0.6) is 0 Å². The van der Waals surface area contributed by atoms with Crippen molar-refractivity contribution in [1.29, 1.82) is 0 Å². The number of hydrogen-bond donors (Lipinski definition) is 1. The molecule has 0 aliphatic carbocycles. The Balaban J connectivity index is 1.43. The quantitative estimate of drug-likeness (QED) is 0.229. The van der Waals surface area contributed by atoms with Gasteiger partial charge in [-0.05, 0) is 91.1 Å². The standard InChI is InChI=1S/C31H31BrClN5S/c1-20-15-21(2)19-36(18-20)27-12-11-24(17-25(27)33)38-30(29(35-31(38)39)26-9-3-4-13-34-26)28-10-6-14-37(28)23-8-5-7-22(32)16-23/h3-14,16-17,20-21,29-30H,15,18-19H2,1-2H3,(H,35,39)/t20-,21+,29-,30-/m1/s1. The second-order valence-electron chi connectivity index (χ2n) is 10.8. The van der Waals surface area contributed by atoms with Gasteiger partial charge in [-0.2, -0.15) is 0 Å².